The van der Waals surface area contributed by atoms with Gasteiger partial charge in [0.05, 0.1) is 44.5 Å². The molecule has 11 nitrogen and oxygen atoms in total. The fraction of sp³-hybridized carbons (Fsp3) is 0.394. The van der Waals surface area contributed by atoms with E-state index in [1.807, 2.05) is 33.8 Å². The lowest BCUT2D eigenvalue weighted by Gasteiger charge is -2.25. The molecule has 3 aromatic carbocycles. The monoisotopic (exact) mass is 640 g/mol. The molecule has 12 heteroatoms. The van der Waals surface area contributed by atoms with Gasteiger partial charge in [0.25, 0.3) is 16.0 Å². The number of hydrogen-bond donors (Lipinski definition) is 0. The van der Waals surface area contributed by atoms with Gasteiger partial charge < -0.3 is 23.8 Å². The van der Waals surface area contributed by atoms with Crippen LogP contribution in [0.25, 0.3) is 0 Å². The van der Waals surface area contributed by atoms with Crippen LogP contribution >= 0.6 is 0 Å². The van der Waals surface area contributed by atoms with Crippen molar-refractivity contribution in [1.82, 2.24) is 0 Å². The van der Waals surface area contributed by atoms with Crippen LogP contribution in [-0.2, 0) is 35.1 Å². The van der Waals surface area contributed by atoms with Gasteiger partial charge in [-0.25, -0.2) is 4.79 Å². The molecule has 0 saturated heterocycles. The Kier molecular flexibility index (Phi) is 11.2. The van der Waals surface area contributed by atoms with Crippen LogP contribution in [0.15, 0.2) is 71.6 Å². The second kappa shape index (κ2) is 14.9. The normalized spacial score (nSPS) is 13.1. The van der Waals surface area contributed by atoms with Crippen LogP contribution < -0.4 is 14.5 Å². The smallest absolute Gasteiger partial charge is 0.414 e. The van der Waals surface area contributed by atoms with Gasteiger partial charge in [0.15, 0.2) is 0 Å². The van der Waals surface area contributed by atoms with E-state index in [4.69, 9.17) is 23.1 Å². The van der Waals surface area contributed by atoms with Gasteiger partial charge in [0, 0.05) is 24.0 Å². The van der Waals surface area contributed by atoms with Gasteiger partial charge in [0.1, 0.15) is 18.0 Å². The molecule has 4 rings (SSSR count). The van der Waals surface area contributed by atoms with Gasteiger partial charge in [-0.15, -0.1) is 0 Å². The molecule has 0 spiro atoms. The van der Waals surface area contributed by atoms with E-state index in [2.05, 4.69) is 0 Å². The molecule has 0 bridgehead atoms. The molecule has 0 aromatic heterocycles. The Bertz CT molecular complexity index is 1570. The van der Waals surface area contributed by atoms with Crippen molar-refractivity contribution in [3.05, 3.63) is 83.4 Å². The lowest BCUT2D eigenvalue weighted by Crippen LogP contribution is -2.34. The van der Waals surface area contributed by atoms with E-state index >= 15 is 0 Å². The van der Waals surface area contributed by atoms with E-state index in [0.29, 0.717) is 43.4 Å². The fourth-order valence-corrected chi connectivity index (χ4v) is 5.30. The van der Waals surface area contributed by atoms with Crippen LogP contribution in [0.5, 0.6) is 5.75 Å². The van der Waals surface area contributed by atoms with E-state index in [0.717, 1.165) is 16.8 Å². The molecule has 1 heterocycles. The van der Waals surface area contributed by atoms with Crippen LogP contribution in [0.4, 0.5) is 16.2 Å². The number of rotatable bonds is 14. The lowest BCUT2D eigenvalue weighted by atomic mass is 10.1. The maximum absolute atomic E-state index is 13.1. The zero-order valence-electron chi connectivity index (χ0n) is 26.3. The summed E-state index contributed by atoms with van der Waals surface area (Å²) in [6.45, 7) is 8.97. The Labute approximate surface area is 264 Å². The molecule has 1 aliphatic heterocycles. The van der Waals surface area contributed by atoms with Gasteiger partial charge in [-0.05, 0) is 87.9 Å². The van der Waals surface area contributed by atoms with Crippen LogP contribution in [0.3, 0.4) is 0 Å². The van der Waals surface area contributed by atoms with Crippen molar-refractivity contribution in [1.29, 1.82) is 0 Å². The van der Waals surface area contributed by atoms with Gasteiger partial charge in [0.2, 0.25) is 0 Å². The minimum atomic E-state index is -3.81. The van der Waals surface area contributed by atoms with Gasteiger partial charge in [-0.2, -0.15) is 8.42 Å². The van der Waals surface area contributed by atoms with Crippen molar-refractivity contribution in [2.45, 2.75) is 44.7 Å². The molecule has 1 aliphatic rings. The van der Waals surface area contributed by atoms with Crippen LogP contribution in [0.1, 0.15) is 42.3 Å². The van der Waals surface area contributed by atoms with Gasteiger partial charge >= 0.3 is 6.09 Å². The van der Waals surface area contributed by atoms with Crippen molar-refractivity contribution < 1.29 is 41.1 Å². The summed E-state index contributed by atoms with van der Waals surface area (Å²) in [5.74, 6) is 0.524. The average Bonchev–Trinajstić information content (AvgIpc) is 3.32. The topological polar surface area (TPSA) is 121 Å². The fourth-order valence-electron chi connectivity index (χ4n) is 4.40. The first kappa shape index (κ1) is 33.9. The Morgan fingerprint density at radius 3 is 2.13 bits per heavy atom. The number of carbonyl (C=O) groups is 2. The first-order valence-corrected chi connectivity index (χ1v) is 16.0. The summed E-state index contributed by atoms with van der Waals surface area (Å²) in [6, 6.07) is 19.0. The Morgan fingerprint density at radius 2 is 1.49 bits per heavy atom. The zero-order valence-corrected chi connectivity index (χ0v) is 27.1. The molecule has 0 atom stereocenters. The van der Waals surface area contributed by atoms with E-state index in [-0.39, 0.29) is 30.6 Å². The highest BCUT2D eigenvalue weighted by molar-refractivity contribution is 7.86. The molecule has 45 heavy (non-hydrogen) atoms. The van der Waals surface area contributed by atoms with Crippen LogP contribution in [-0.4, -0.2) is 72.7 Å². The molecule has 0 radical (unpaired) electrons. The summed E-state index contributed by atoms with van der Waals surface area (Å²) in [6.07, 6.45) is -0.457. The van der Waals surface area contributed by atoms with E-state index in [1.165, 1.54) is 17.0 Å². The molecular formula is C33H40N2O9S. The molecule has 2 amide bonds. The molecule has 0 fully saturated rings. The molecule has 0 aliphatic carbocycles. The number of nitrogens with zero attached hydrogens (tertiary/aromatic N) is 2. The minimum Gasteiger partial charge on any atom is -0.491 e. The zero-order chi connectivity index (χ0) is 32.6. The van der Waals surface area contributed by atoms with E-state index in [1.54, 1.807) is 60.5 Å². The summed E-state index contributed by atoms with van der Waals surface area (Å²) in [4.78, 5) is 28.7. The number of hydrogen-bond acceptors (Lipinski definition) is 9. The third kappa shape index (κ3) is 9.51. The quantitative estimate of drug-likeness (QED) is 0.170. The number of amides is 2. The predicted octanol–water partition coefficient (Wildman–Crippen LogP) is 5.34. The molecular weight excluding hydrogens is 600 g/mol. The molecule has 0 N–H and O–H groups in total. The molecule has 0 saturated carbocycles. The van der Waals surface area contributed by atoms with Crippen molar-refractivity contribution in [2.24, 2.45) is 0 Å². The number of anilines is 2. The maximum atomic E-state index is 13.1. The highest BCUT2D eigenvalue weighted by atomic mass is 32.2. The third-order valence-electron chi connectivity index (χ3n) is 6.74. The number of carbonyl (C=O) groups excluding carboxylic acids is 2. The molecule has 3 aromatic rings. The second-order valence-corrected chi connectivity index (χ2v) is 13.0. The summed E-state index contributed by atoms with van der Waals surface area (Å²) < 4.78 is 51.5. The maximum Gasteiger partial charge on any atom is 0.414 e. The lowest BCUT2D eigenvalue weighted by molar-refractivity contribution is 0.0279. The van der Waals surface area contributed by atoms with Crippen molar-refractivity contribution >= 4 is 33.5 Å². The first-order chi connectivity index (χ1) is 21.3. The van der Waals surface area contributed by atoms with Crippen LogP contribution in [0, 0.1) is 6.92 Å². The standard InChI is InChI=1S/C33H40N2O9S/c1-24-6-13-29(14-7-24)45(38,39)43-21-19-41-17-16-40-18-20-42-28-12-15-30-25(22-28)23-35(31(30)36)27-10-8-26(9-11-27)34(5)32(37)44-33(2,3)4/h6-15,22H,16-21,23H2,1-5H3. The number of fused-ring (bicyclic) bond motifs is 1. The Morgan fingerprint density at radius 1 is 0.867 bits per heavy atom. The number of benzene rings is 3. The van der Waals surface area contributed by atoms with Crippen LogP contribution in [0.2, 0.25) is 0 Å². The Hall–Kier alpha value is -3.97. The first-order valence-electron chi connectivity index (χ1n) is 14.6. The molecule has 242 valence electrons. The highest BCUT2D eigenvalue weighted by Gasteiger charge is 2.29. The van der Waals surface area contributed by atoms with Crippen molar-refractivity contribution in [2.75, 3.05) is 56.5 Å². The second-order valence-electron chi connectivity index (χ2n) is 11.4. The summed E-state index contributed by atoms with van der Waals surface area (Å²) in [5.41, 5.74) is 3.20. The SMILES string of the molecule is Cc1ccc(S(=O)(=O)OCCOCCOCCOc2ccc3c(c2)CN(c2ccc(N(C)C(=O)OC(C)(C)C)cc2)C3=O)cc1. The van der Waals surface area contributed by atoms with Crippen molar-refractivity contribution in [3.63, 3.8) is 0 Å². The number of ether oxygens (including phenoxy) is 4. The molecule has 0 unspecified atom stereocenters. The van der Waals surface area contributed by atoms with Crippen molar-refractivity contribution in [3.8, 4) is 5.75 Å². The minimum absolute atomic E-state index is 0.0890. The third-order valence-corrected chi connectivity index (χ3v) is 8.07. The largest absolute Gasteiger partial charge is 0.491 e. The van der Waals surface area contributed by atoms with E-state index < -0.39 is 21.8 Å². The Balaban J connectivity index is 1.14. The highest BCUT2D eigenvalue weighted by Crippen LogP contribution is 2.32. The number of aryl methyl sites for hydroxylation is 1. The summed E-state index contributed by atoms with van der Waals surface area (Å²) >= 11 is 0. The van der Waals surface area contributed by atoms with E-state index in [9.17, 15) is 18.0 Å². The predicted molar refractivity (Wildman–Crippen MR) is 169 cm³/mol. The summed E-state index contributed by atoms with van der Waals surface area (Å²) in [7, 11) is -2.17. The van der Waals surface area contributed by atoms with Gasteiger partial charge in [-0.1, -0.05) is 17.7 Å². The summed E-state index contributed by atoms with van der Waals surface area (Å²) in [5, 5.41) is 0. The average molecular weight is 641 g/mol. The van der Waals surface area contributed by atoms with Gasteiger partial charge in [-0.3, -0.25) is 13.9 Å².